The lowest BCUT2D eigenvalue weighted by atomic mass is 9.99. The Morgan fingerprint density at radius 2 is 1.67 bits per heavy atom. The number of rotatable bonds is 8. The van der Waals surface area contributed by atoms with Gasteiger partial charge in [-0.1, -0.05) is 6.07 Å². The molecule has 4 aromatic rings. The third-order valence-corrected chi connectivity index (χ3v) is 6.97. The van der Waals surface area contributed by atoms with Crippen LogP contribution in [0.3, 0.4) is 0 Å². The number of ether oxygens (including phenoxy) is 4. The van der Waals surface area contributed by atoms with Crippen LogP contribution in [0.1, 0.15) is 5.56 Å². The first-order valence-electron chi connectivity index (χ1n) is 13.4. The zero-order valence-corrected chi connectivity index (χ0v) is 23.4. The molecule has 0 aliphatic carbocycles. The SMILES string of the molecule is COc1cc(C=CC(=O)O[C@H]2[C@H](Oc3c(-c4ccc(O)cc4)oc4cc(O)cc(O)c4c3=O)O[C@H](CO)[C@@H](O)[C@@H]2O)ccc1O. The maximum absolute atomic E-state index is 13.7. The van der Waals surface area contributed by atoms with Crippen LogP contribution < -0.4 is 14.9 Å². The van der Waals surface area contributed by atoms with Crippen molar-refractivity contribution in [2.75, 3.05) is 13.7 Å². The summed E-state index contributed by atoms with van der Waals surface area (Å²) in [5.74, 6) is -3.01. The van der Waals surface area contributed by atoms with E-state index < -0.39 is 66.0 Å². The Balaban J connectivity index is 1.54. The van der Waals surface area contributed by atoms with Crippen LogP contribution in [0.5, 0.6) is 34.5 Å². The van der Waals surface area contributed by atoms with Gasteiger partial charge in [0.15, 0.2) is 23.4 Å². The summed E-state index contributed by atoms with van der Waals surface area (Å²) in [5, 5.41) is 70.7. The van der Waals surface area contributed by atoms with Crippen LogP contribution >= 0.6 is 0 Å². The topological polar surface area (TPSA) is 226 Å². The molecule has 5 atom stereocenters. The molecule has 236 valence electrons. The number of phenolic OH excluding ortho intramolecular Hbond substituents is 4. The maximum Gasteiger partial charge on any atom is 0.331 e. The van der Waals surface area contributed by atoms with E-state index in [4.69, 9.17) is 23.4 Å². The number of benzene rings is 3. The zero-order valence-electron chi connectivity index (χ0n) is 23.4. The van der Waals surface area contributed by atoms with E-state index in [0.717, 1.165) is 18.2 Å². The number of phenols is 4. The summed E-state index contributed by atoms with van der Waals surface area (Å²) in [4.78, 5) is 26.6. The number of aliphatic hydroxyl groups is 3. The average Bonchev–Trinajstić information content (AvgIpc) is 3.01. The first-order valence-corrected chi connectivity index (χ1v) is 13.4. The lowest BCUT2D eigenvalue weighted by Gasteiger charge is -2.41. The van der Waals surface area contributed by atoms with Gasteiger partial charge in [0.25, 0.3) is 0 Å². The molecule has 1 aliphatic rings. The zero-order chi connectivity index (χ0) is 32.4. The minimum atomic E-state index is -1.87. The summed E-state index contributed by atoms with van der Waals surface area (Å²) in [6, 6.07) is 11.6. The van der Waals surface area contributed by atoms with Gasteiger partial charge in [0.05, 0.1) is 13.7 Å². The molecule has 1 aromatic heterocycles. The van der Waals surface area contributed by atoms with E-state index in [9.17, 15) is 45.3 Å². The van der Waals surface area contributed by atoms with Crippen molar-refractivity contribution in [2.24, 2.45) is 0 Å². The standard InChI is InChI=1S/C31H28O14/c1-41-20-10-14(2-8-18(20)35)3-9-23(37)44-30-27(40)25(38)22(13-32)43-31(30)45-29-26(39)24-19(36)11-17(34)12-21(24)42-28(29)15-4-6-16(33)7-5-15/h2-12,22,25,27,30-36,38,40H,13H2,1H3/t22-,25-,27+,30-,31+/m1/s1. The summed E-state index contributed by atoms with van der Waals surface area (Å²) in [5.41, 5.74) is -0.540. The smallest absolute Gasteiger partial charge is 0.331 e. The highest BCUT2D eigenvalue weighted by Gasteiger charge is 2.48. The minimum Gasteiger partial charge on any atom is -0.508 e. The molecule has 0 bridgehead atoms. The summed E-state index contributed by atoms with van der Waals surface area (Å²) >= 11 is 0. The van der Waals surface area contributed by atoms with Crippen molar-refractivity contribution >= 4 is 23.0 Å². The van der Waals surface area contributed by atoms with E-state index in [-0.39, 0.29) is 39.5 Å². The molecule has 14 nitrogen and oxygen atoms in total. The Bertz CT molecular complexity index is 1800. The fraction of sp³-hybridized carbons (Fsp3) is 0.226. The van der Waals surface area contributed by atoms with Gasteiger partial charge < -0.3 is 59.1 Å². The van der Waals surface area contributed by atoms with Crippen molar-refractivity contribution in [3.8, 4) is 45.8 Å². The van der Waals surface area contributed by atoms with Gasteiger partial charge in [0, 0.05) is 23.8 Å². The molecule has 0 spiro atoms. The predicted molar refractivity (Wildman–Crippen MR) is 155 cm³/mol. The van der Waals surface area contributed by atoms with Crippen LogP contribution in [0.4, 0.5) is 0 Å². The number of aromatic hydroxyl groups is 4. The number of carbonyl (C=O) groups excluding carboxylic acids is 1. The molecule has 0 saturated carbocycles. The molecule has 1 fully saturated rings. The van der Waals surface area contributed by atoms with Crippen LogP contribution in [-0.2, 0) is 14.3 Å². The van der Waals surface area contributed by atoms with Gasteiger partial charge in [-0.2, -0.15) is 0 Å². The van der Waals surface area contributed by atoms with E-state index >= 15 is 0 Å². The van der Waals surface area contributed by atoms with Crippen molar-refractivity contribution in [2.45, 2.75) is 30.7 Å². The second kappa shape index (κ2) is 12.8. The van der Waals surface area contributed by atoms with Crippen molar-refractivity contribution in [3.05, 3.63) is 76.5 Å². The molecule has 2 heterocycles. The van der Waals surface area contributed by atoms with Gasteiger partial charge in [0.2, 0.25) is 17.5 Å². The van der Waals surface area contributed by atoms with Crippen LogP contribution in [0.25, 0.3) is 28.4 Å². The van der Waals surface area contributed by atoms with E-state index in [1.165, 1.54) is 55.7 Å². The van der Waals surface area contributed by atoms with Gasteiger partial charge in [-0.05, 0) is 48.0 Å². The molecular formula is C31H28O14. The van der Waals surface area contributed by atoms with E-state index in [1.807, 2.05) is 0 Å². The van der Waals surface area contributed by atoms with Gasteiger partial charge in [-0.25, -0.2) is 4.79 Å². The highest BCUT2D eigenvalue weighted by Crippen LogP contribution is 2.38. The largest absolute Gasteiger partial charge is 0.508 e. The number of methoxy groups -OCH3 is 1. The van der Waals surface area contributed by atoms with Crippen molar-refractivity contribution in [1.82, 2.24) is 0 Å². The first-order chi connectivity index (χ1) is 21.5. The number of esters is 1. The summed E-state index contributed by atoms with van der Waals surface area (Å²) < 4.78 is 27.8. The fourth-order valence-corrected chi connectivity index (χ4v) is 4.71. The Kier molecular flexibility index (Phi) is 8.83. The Morgan fingerprint density at radius 3 is 2.36 bits per heavy atom. The van der Waals surface area contributed by atoms with Crippen LogP contribution in [0, 0.1) is 0 Å². The monoisotopic (exact) mass is 624 g/mol. The highest BCUT2D eigenvalue weighted by molar-refractivity contribution is 5.88. The lowest BCUT2D eigenvalue weighted by Crippen LogP contribution is -2.61. The van der Waals surface area contributed by atoms with Crippen LogP contribution in [-0.4, -0.2) is 86.1 Å². The molecule has 3 aromatic carbocycles. The predicted octanol–water partition coefficient (Wildman–Crippen LogP) is 1.73. The number of fused-ring (bicyclic) bond motifs is 1. The third kappa shape index (κ3) is 6.34. The highest BCUT2D eigenvalue weighted by atomic mass is 16.7. The Hall–Kier alpha value is -5.28. The van der Waals surface area contributed by atoms with Crippen molar-refractivity contribution in [1.29, 1.82) is 0 Å². The first kappa shape index (κ1) is 31.2. The molecule has 14 heteroatoms. The van der Waals surface area contributed by atoms with Crippen molar-refractivity contribution < 1.29 is 63.9 Å². The Labute approximate surface area is 253 Å². The molecular weight excluding hydrogens is 596 g/mol. The molecule has 5 rings (SSSR count). The molecule has 0 amide bonds. The molecule has 45 heavy (non-hydrogen) atoms. The van der Waals surface area contributed by atoms with Crippen molar-refractivity contribution in [3.63, 3.8) is 0 Å². The van der Waals surface area contributed by atoms with Gasteiger partial charge in [0.1, 0.15) is 46.5 Å². The van der Waals surface area contributed by atoms with E-state index in [1.54, 1.807) is 0 Å². The average molecular weight is 625 g/mol. The van der Waals surface area contributed by atoms with Gasteiger partial charge >= 0.3 is 5.97 Å². The number of carbonyl (C=O) groups is 1. The third-order valence-electron chi connectivity index (χ3n) is 6.97. The molecule has 7 N–H and O–H groups in total. The molecule has 1 saturated heterocycles. The van der Waals surface area contributed by atoms with Gasteiger partial charge in [-0.15, -0.1) is 0 Å². The molecule has 0 unspecified atom stereocenters. The Morgan fingerprint density at radius 1 is 0.933 bits per heavy atom. The summed E-state index contributed by atoms with van der Waals surface area (Å²) in [6.07, 6.45) is -6.33. The number of hydrogen-bond acceptors (Lipinski definition) is 14. The van der Waals surface area contributed by atoms with Crippen LogP contribution in [0.2, 0.25) is 0 Å². The van der Waals surface area contributed by atoms with Crippen LogP contribution in [0.15, 0.2) is 69.9 Å². The fourth-order valence-electron chi connectivity index (χ4n) is 4.71. The quantitative estimate of drug-likeness (QED) is 0.110. The summed E-state index contributed by atoms with van der Waals surface area (Å²) in [6.45, 7) is -0.793. The van der Waals surface area contributed by atoms with Gasteiger partial charge in [-0.3, -0.25) is 4.79 Å². The molecule has 0 radical (unpaired) electrons. The second-order valence-electron chi connectivity index (χ2n) is 9.96. The summed E-state index contributed by atoms with van der Waals surface area (Å²) in [7, 11) is 1.35. The minimum absolute atomic E-state index is 0.107. The molecule has 1 aliphatic heterocycles. The van der Waals surface area contributed by atoms with E-state index in [2.05, 4.69) is 0 Å². The lowest BCUT2D eigenvalue weighted by molar-refractivity contribution is -0.281. The normalized spacial score (nSPS) is 21.6. The number of hydrogen-bond donors (Lipinski definition) is 7. The van der Waals surface area contributed by atoms with E-state index in [0.29, 0.717) is 5.56 Å². The second-order valence-corrected chi connectivity index (χ2v) is 9.96. The number of aliphatic hydroxyl groups excluding tert-OH is 3. The maximum atomic E-state index is 13.7.